The highest BCUT2D eigenvalue weighted by Crippen LogP contribution is 2.16. The van der Waals surface area contributed by atoms with Gasteiger partial charge in [0.15, 0.2) is 6.61 Å². The number of amides is 1. The zero-order valence-corrected chi connectivity index (χ0v) is 12.3. The molecule has 1 amide bonds. The van der Waals surface area contributed by atoms with Crippen molar-refractivity contribution >= 4 is 5.91 Å². The molecule has 1 rings (SSSR count). The van der Waals surface area contributed by atoms with E-state index in [9.17, 15) is 4.79 Å². The highest BCUT2D eigenvalue weighted by molar-refractivity contribution is 5.77. The van der Waals surface area contributed by atoms with Crippen molar-refractivity contribution in [3.05, 3.63) is 29.8 Å². The van der Waals surface area contributed by atoms with Crippen molar-refractivity contribution in [2.45, 2.75) is 39.7 Å². The van der Waals surface area contributed by atoms with Crippen LogP contribution in [-0.2, 0) is 4.79 Å². The van der Waals surface area contributed by atoms with Crippen LogP contribution in [0.15, 0.2) is 24.3 Å². The molecule has 0 spiro atoms. The normalized spacial score (nSPS) is 11.8. The molecular weight excluding hydrogens is 252 g/mol. The Labute approximate surface area is 120 Å². The van der Waals surface area contributed by atoms with Crippen LogP contribution in [0.1, 0.15) is 39.2 Å². The molecule has 20 heavy (non-hydrogen) atoms. The van der Waals surface area contributed by atoms with Gasteiger partial charge in [-0.15, -0.1) is 0 Å². The fourth-order valence-electron chi connectivity index (χ4n) is 1.80. The molecule has 1 atom stereocenters. The number of nitrogens with zero attached hydrogens (tertiary/aromatic N) is 1. The Morgan fingerprint density at radius 3 is 2.65 bits per heavy atom. The number of nitrogens with one attached hydrogen (secondary N) is 1. The Hall–Kier alpha value is -2.02. The van der Waals surface area contributed by atoms with E-state index in [-0.39, 0.29) is 18.6 Å². The first-order valence-electron chi connectivity index (χ1n) is 6.94. The van der Waals surface area contributed by atoms with Gasteiger partial charge in [-0.25, -0.2) is 0 Å². The minimum absolute atomic E-state index is 0.0648. The van der Waals surface area contributed by atoms with Crippen molar-refractivity contribution in [3.8, 4) is 11.8 Å². The van der Waals surface area contributed by atoms with E-state index in [1.165, 1.54) is 0 Å². The molecule has 0 aromatic heterocycles. The molecule has 0 fully saturated rings. The first kappa shape index (κ1) is 16.0. The first-order chi connectivity index (χ1) is 9.52. The number of rotatable bonds is 7. The number of benzene rings is 1. The van der Waals surface area contributed by atoms with E-state index < -0.39 is 0 Å². The third-order valence-corrected chi connectivity index (χ3v) is 2.95. The van der Waals surface area contributed by atoms with E-state index in [0.29, 0.717) is 17.2 Å². The predicted octanol–water partition coefficient (Wildman–Crippen LogP) is 2.88. The van der Waals surface area contributed by atoms with Crippen LogP contribution in [-0.4, -0.2) is 18.6 Å². The second-order valence-electron chi connectivity index (χ2n) is 5.34. The zero-order chi connectivity index (χ0) is 15.0. The number of ether oxygens (including phenoxy) is 1. The Kier molecular flexibility index (Phi) is 6.58. The lowest BCUT2D eigenvalue weighted by atomic mass is 10.0. The minimum atomic E-state index is -0.158. The monoisotopic (exact) mass is 274 g/mol. The van der Waals surface area contributed by atoms with Crippen LogP contribution >= 0.6 is 0 Å². The van der Waals surface area contributed by atoms with Crippen molar-refractivity contribution in [3.63, 3.8) is 0 Å². The maximum atomic E-state index is 11.8. The van der Waals surface area contributed by atoms with Gasteiger partial charge in [0.1, 0.15) is 11.8 Å². The number of nitriles is 1. The quantitative estimate of drug-likeness (QED) is 0.831. The summed E-state index contributed by atoms with van der Waals surface area (Å²) in [4.78, 5) is 11.8. The van der Waals surface area contributed by atoms with Gasteiger partial charge in [-0.1, -0.05) is 26.0 Å². The lowest BCUT2D eigenvalue weighted by Gasteiger charge is -2.15. The Morgan fingerprint density at radius 2 is 2.00 bits per heavy atom. The van der Waals surface area contributed by atoms with Crippen molar-refractivity contribution < 1.29 is 9.53 Å². The summed E-state index contributed by atoms with van der Waals surface area (Å²) in [6.07, 6.45) is 2.04. The predicted molar refractivity (Wildman–Crippen MR) is 78.3 cm³/mol. The summed E-state index contributed by atoms with van der Waals surface area (Å²) in [5.41, 5.74) is 0.438. The average molecular weight is 274 g/mol. The number of hydrogen-bond donors (Lipinski definition) is 1. The number of para-hydroxylation sites is 1. The molecule has 4 heteroatoms. The van der Waals surface area contributed by atoms with E-state index >= 15 is 0 Å². The highest BCUT2D eigenvalue weighted by Gasteiger charge is 2.10. The van der Waals surface area contributed by atoms with E-state index in [4.69, 9.17) is 10.00 Å². The smallest absolute Gasteiger partial charge is 0.258 e. The van der Waals surface area contributed by atoms with Gasteiger partial charge < -0.3 is 10.1 Å². The van der Waals surface area contributed by atoms with Crippen LogP contribution in [0, 0.1) is 17.2 Å². The molecule has 1 aromatic rings. The van der Waals surface area contributed by atoms with Gasteiger partial charge in [0.2, 0.25) is 0 Å². The molecule has 4 nitrogen and oxygen atoms in total. The van der Waals surface area contributed by atoms with E-state index in [2.05, 4.69) is 19.2 Å². The summed E-state index contributed by atoms with van der Waals surface area (Å²) < 4.78 is 5.38. The van der Waals surface area contributed by atoms with Gasteiger partial charge in [-0.2, -0.15) is 5.26 Å². The van der Waals surface area contributed by atoms with Crippen LogP contribution in [0.4, 0.5) is 0 Å². The molecule has 0 saturated heterocycles. The van der Waals surface area contributed by atoms with Crippen molar-refractivity contribution in [1.82, 2.24) is 5.32 Å². The summed E-state index contributed by atoms with van der Waals surface area (Å²) in [5.74, 6) is 0.919. The van der Waals surface area contributed by atoms with Crippen LogP contribution in [0.2, 0.25) is 0 Å². The topological polar surface area (TPSA) is 62.1 Å². The molecule has 0 saturated carbocycles. The Balaban J connectivity index is 2.38. The van der Waals surface area contributed by atoms with Gasteiger partial charge in [0.25, 0.3) is 5.91 Å². The number of hydrogen-bond acceptors (Lipinski definition) is 3. The molecule has 0 bridgehead atoms. The standard InChI is InChI=1S/C16H22N2O2/c1-12(2)8-9-13(3)18-16(19)11-20-15-7-5-4-6-14(15)10-17/h4-7,12-13H,8-9,11H2,1-3H3,(H,18,19). The summed E-state index contributed by atoms with van der Waals surface area (Å²) in [6.45, 7) is 6.25. The highest BCUT2D eigenvalue weighted by atomic mass is 16.5. The van der Waals surface area contributed by atoms with E-state index in [1.54, 1.807) is 24.3 Å². The third kappa shape index (κ3) is 5.75. The van der Waals surface area contributed by atoms with Crippen LogP contribution < -0.4 is 10.1 Å². The van der Waals surface area contributed by atoms with Gasteiger partial charge in [-0.3, -0.25) is 4.79 Å². The van der Waals surface area contributed by atoms with Crippen LogP contribution in [0.3, 0.4) is 0 Å². The maximum Gasteiger partial charge on any atom is 0.258 e. The molecule has 0 aliphatic carbocycles. The Morgan fingerprint density at radius 1 is 1.30 bits per heavy atom. The summed E-state index contributed by atoms with van der Waals surface area (Å²) in [5, 5.41) is 11.8. The fourth-order valence-corrected chi connectivity index (χ4v) is 1.80. The first-order valence-corrected chi connectivity index (χ1v) is 6.94. The van der Waals surface area contributed by atoms with Gasteiger partial charge >= 0.3 is 0 Å². The summed E-state index contributed by atoms with van der Waals surface area (Å²) in [7, 11) is 0. The average Bonchev–Trinajstić information content (AvgIpc) is 2.43. The lowest BCUT2D eigenvalue weighted by molar-refractivity contribution is -0.123. The van der Waals surface area contributed by atoms with Gasteiger partial charge in [-0.05, 0) is 37.8 Å². The lowest BCUT2D eigenvalue weighted by Crippen LogP contribution is -2.36. The molecule has 0 heterocycles. The second-order valence-corrected chi connectivity index (χ2v) is 5.34. The van der Waals surface area contributed by atoms with Crippen LogP contribution in [0.5, 0.6) is 5.75 Å². The molecule has 0 aliphatic rings. The second kappa shape index (κ2) is 8.21. The molecule has 108 valence electrons. The molecular formula is C16H22N2O2. The molecule has 1 aromatic carbocycles. The SMILES string of the molecule is CC(C)CCC(C)NC(=O)COc1ccccc1C#N. The van der Waals surface area contributed by atoms with Crippen molar-refractivity contribution in [2.24, 2.45) is 5.92 Å². The zero-order valence-electron chi connectivity index (χ0n) is 12.3. The van der Waals surface area contributed by atoms with Gasteiger partial charge in [0, 0.05) is 6.04 Å². The molecule has 0 radical (unpaired) electrons. The largest absolute Gasteiger partial charge is 0.482 e. The molecule has 0 aliphatic heterocycles. The van der Waals surface area contributed by atoms with E-state index in [0.717, 1.165) is 12.8 Å². The van der Waals surface area contributed by atoms with Crippen molar-refractivity contribution in [2.75, 3.05) is 6.61 Å². The maximum absolute atomic E-state index is 11.8. The number of carbonyl (C=O) groups excluding carboxylic acids is 1. The summed E-state index contributed by atoms with van der Waals surface area (Å²) >= 11 is 0. The van der Waals surface area contributed by atoms with Crippen LogP contribution in [0.25, 0.3) is 0 Å². The Bertz CT molecular complexity index is 478. The van der Waals surface area contributed by atoms with Gasteiger partial charge in [0.05, 0.1) is 5.56 Å². The fraction of sp³-hybridized carbons (Fsp3) is 0.500. The van der Waals surface area contributed by atoms with Crippen molar-refractivity contribution in [1.29, 1.82) is 5.26 Å². The molecule has 1 unspecified atom stereocenters. The molecule has 1 N–H and O–H groups in total. The minimum Gasteiger partial charge on any atom is -0.482 e. The summed E-state index contributed by atoms with van der Waals surface area (Å²) in [6, 6.07) is 9.07. The number of carbonyl (C=O) groups is 1. The van der Waals surface area contributed by atoms with E-state index in [1.807, 2.05) is 13.0 Å². The third-order valence-electron chi connectivity index (χ3n) is 2.95.